The van der Waals surface area contributed by atoms with Gasteiger partial charge in [-0.2, -0.15) is 0 Å². The van der Waals surface area contributed by atoms with Crippen LogP contribution >= 0.6 is 0 Å². The van der Waals surface area contributed by atoms with E-state index in [4.69, 9.17) is 0 Å². The quantitative estimate of drug-likeness (QED) is 0.621. The standard InChI is InChI=1S/C16H20/c1-6-15(7-2)13(4)14(5)16-11-9-8-10-12(16)3/h6,8-11H,1,5,7H2,2-4H3/b15-13+. The molecule has 0 atom stereocenters. The Balaban J connectivity index is 3.18. The number of hydrogen-bond donors (Lipinski definition) is 0. The fourth-order valence-corrected chi connectivity index (χ4v) is 1.87. The second kappa shape index (κ2) is 5.50. The number of benzene rings is 1. The molecule has 0 N–H and O–H groups in total. The first-order valence-electron chi connectivity index (χ1n) is 5.69. The van der Waals surface area contributed by atoms with Crippen molar-refractivity contribution in [3.63, 3.8) is 0 Å². The maximum atomic E-state index is 4.20. The molecule has 0 aliphatic heterocycles. The fraction of sp³-hybridized carbons (Fsp3) is 0.250. The summed E-state index contributed by atoms with van der Waals surface area (Å²) in [5.41, 5.74) is 6.12. The van der Waals surface area contributed by atoms with E-state index >= 15 is 0 Å². The maximum Gasteiger partial charge on any atom is -0.0158 e. The van der Waals surface area contributed by atoms with Crippen LogP contribution in [-0.2, 0) is 0 Å². The van der Waals surface area contributed by atoms with Crippen molar-refractivity contribution in [1.82, 2.24) is 0 Å². The average Bonchev–Trinajstić information content (AvgIpc) is 2.30. The van der Waals surface area contributed by atoms with E-state index in [1.807, 2.05) is 6.08 Å². The molecule has 0 heterocycles. The highest BCUT2D eigenvalue weighted by Crippen LogP contribution is 2.27. The monoisotopic (exact) mass is 212 g/mol. The van der Waals surface area contributed by atoms with Gasteiger partial charge in [-0.05, 0) is 48.1 Å². The van der Waals surface area contributed by atoms with E-state index in [1.54, 1.807) is 0 Å². The predicted molar refractivity (Wildman–Crippen MR) is 73.4 cm³/mol. The SMILES string of the molecule is C=C/C(CC)=C(/C)C(=C)c1ccccc1C. The van der Waals surface area contributed by atoms with Gasteiger partial charge in [-0.3, -0.25) is 0 Å². The van der Waals surface area contributed by atoms with E-state index in [1.165, 1.54) is 22.3 Å². The Morgan fingerprint density at radius 3 is 2.44 bits per heavy atom. The Morgan fingerprint density at radius 2 is 1.94 bits per heavy atom. The van der Waals surface area contributed by atoms with Crippen LogP contribution in [0.3, 0.4) is 0 Å². The van der Waals surface area contributed by atoms with Crippen LogP contribution in [0.4, 0.5) is 0 Å². The zero-order chi connectivity index (χ0) is 12.1. The minimum absolute atomic E-state index is 1.00. The normalized spacial score (nSPS) is 11.9. The third kappa shape index (κ3) is 2.52. The summed E-state index contributed by atoms with van der Waals surface area (Å²) in [7, 11) is 0. The van der Waals surface area contributed by atoms with E-state index in [2.05, 4.69) is 58.2 Å². The van der Waals surface area contributed by atoms with Crippen LogP contribution in [-0.4, -0.2) is 0 Å². The van der Waals surface area contributed by atoms with E-state index < -0.39 is 0 Å². The van der Waals surface area contributed by atoms with Gasteiger partial charge in [0.15, 0.2) is 0 Å². The molecule has 16 heavy (non-hydrogen) atoms. The van der Waals surface area contributed by atoms with Gasteiger partial charge in [0.25, 0.3) is 0 Å². The highest BCUT2D eigenvalue weighted by molar-refractivity contribution is 5.79. The Bertz CT molecular complexity index is 433. The molecule has 0 bridgehead atoms. The molecular weight excluding hydrogens is 192 g/mol. The summed E-state index contributed by atoms with van der Waals surface area (Å²) >= 11 is 0. The summed E-state index contributed by atoms with van der Waals surface area (Å²) in [5.74, 6) is 0. The van der Waals surface area contributed by atoms with Gasteiger partial charge in [0.05, 0.1) is 0 Å². The van der Waals surface area contributed by atoms with Gasteiger partial charge < -0.3 is 0 Å². The third-order valence-electron chi connectivity index (χ3n) is 3.03. The van der Waals surface area contributed by atoms with Gasteiger partial charge in [0.1, 0.15) is 0 Å². The molecule has 0 radical (unpaired) electrons. The van der Waals surface area contributed by atoms with Crippen molar-refractivity contribution in [2.24, 2.45) is 0 Å². The number of hydrogen-bond acceptors (Lipinski definition) is 0. The van der Waals surface area contributed by atoms with Crippen molar-refractivity contribution < 1.29 is 0 Å². The second-order valence-electron chi connectivity index (χ2n) is 4.00. The molecule has 0 unspecified atom stereocenters. The highest BCUT2D eigenvalue weighted by atomic mass is 14.1. The Hall–Kier alpha value is -1.56. The third-order valence-corrected chi connectivity index (χ3v) is 3.03. The van der Waals surface area contributed by atoms with Crippen LogP contribution < -0.4 is 0 Å². The smallest absolute Gasteiger partial charge is 0.0158 e. The van der Waals surface area contributed by atoms with Gasteiger partial charge in [0, 0.05) is 0 Å². The van der Waals surface area contributed by atoms with Gasteiger partial charge in [-0.1, -0.05) is 50.4 Å². The van der Waals surface area contributed by atoms with Crippen LogP contribution in [0.2, 0.25) is 0 Å². The van der Waals surface area contributed by atoms with Crippen molar-refractivity contribution in [3.8, 4) is 0 Å². The molecule has 0 aromatic heterocycles. The summed E-state index contributed by atoms with van der Waals surface area (Å²) in [4.78, 5) is 0. The van der Waals surface area contributed by atoms with Crippen LogP contribution in [0.25, 0.3) is 5.57 Å². The van der Waals surface area contributed by atoms with Crippen molar-refractivity contribution in [2.45, 2.75) is 27.2 Å². The van der Waals surface area contributed by atoms with Crippen molar-refractivity contribution in [3.05, 3.63) is 65.8 Å². The lowest BCUT2D eigenvalue weighted by molar-refractivity contribution is 1.12. The molecule has 0 saturated heterocycles. The topological polar surface area (TPSA) is 0 Å². The molecule has 0 fully saturated rings. The van der Waals surface area contributed by atoms with Crippen molar-refractivity contribution >= 4 is 5.57 Å². The molecule has 0 aliphatic rings. The summed E-state index contributed by atoms with van der Waals surface area (Å²) in [5, 5.41) is 0. The van der Waals surface area contributed by atoms with Crippen molar-refractivity contribution in [2.75, 3.05) is 0 Å². The van der Waals surface area contributed by atoms with Gasteiger partial charge in [-0.15, -0.1) is 0 Å². The Labute approximate surface area is 99.0 Å². The Morgan fingerprint density at radius 1 is 1.31 bits per heavy atom. The minimum atomic E-state index is 1.00. The van der Waals surface area contributed by atoms with Crippen LogP contribution in [0, 0.1) is 6.92 Å². The van der Waals surface area contributed by atoms with Gasteiger partial charge >= 0.3 is 0 Å². The van der Waals surface area contributed by atoms with E-state index in [-0.39, 0.29) is 0 Å². The lowest BCUT2D eigenvalue weighted by Crippen LogP contribution is -1.92. The molecule has 0 aliphatic carbocycles. The maximum absolute atomic E-state index is 4.20. The van der Waals surface area contributed by atoms with Crippen LogP contribution in [0.1, 0.15) is 31.4 Å². The van der Waals surface area contributed by atoms with E-state index in [0.29, 0.717) is 0 Å². The van der Waals surface area contributed by atoms with Gasteiger partial charge in [-0.25, -0.2) is 0 Å². The molecule has 1 aromatic carbocycles. The second-order valence-corrected chi connectivity index (χ2v) is 4.00. The number of aryl methyl sites for hydroxylation is 1. The lowest BCUT2D eigenvalue weighted by atomic mass is 9.93. The molecular formula is C16H20. The first kappa shape index (κ1) is 12.5. The molecule has 0 heteroatoms. The summed E-state index contributed by atoms with van der Waals surface area (Å²) < 4.78 is 0. The zero-order valence-electron chi connectivity index (χ0n) is 10.5. The zero-order valence-corrected chi connectivity index (χ0v) is 10.5. The van der Waals surface area contributed by atoms with E-state index in [0.717, 1.165) is 12.0 Å². The molecule has 0 amide bonds. The molecule has 0 spiro atoms. The summed E-state index contributed by atoms with van der Waals surface area (Å²) in [6.07, 6.45) is 2.93. The fourth-order valence-electron chi connectivity index (χ4n) is 1.87. The Kier molecular flexibility index (Phi) is 4.30. The molecule has 0 nitrogen and oxygen atoms in total. The van der Waals surface area contributed by atoms with Crippen LogP contribution in [0.15, 0.2) is 54.6 Å². The summed E-state index contributed by atoms with van der Waals surface area (Å²) in [6, 6.07) is 8.35. The first-order chi connectivity index (χ1) is 7.61. The first-order valence-corrected chi connectivity index (χ1v) is 5.69. The predicted octanol–water partition coefficient (Wildman–Crippen LogP) is 4.92. The number of allylic oxidation sites excluding steroid dienone is 4. The molecule has 1 aromatic rings. The lowest BCUT2D eigenvalue weighted by Gasteiger charge is -2.12. The molecule has 84 valence electrons. The van der Waals surface area contributed by atoms with Crippen LogP contribution in [0.5, 0.6) is 0 Å². The molecule has 0 saturated carbocycles. The van der Waals surface area contributed by atoms with E-state index in [9.17, 15) is 0 Å². The van der Waals surface area contributed by atoms with Crippen molar-refractivity contribution in [1.29, 1.82) is 0 Å². The summed E-state index contributed by atoms with van der Waals surface area (Å²) in [6.45, 7) is 14.4. The minimum Gasteiger partial charge on any atom is -0.0988 e. The highest BCUT2D eigenvalue weighted by Gasteiger charge is 2.06. The largest absolute Gasteiger partial charge is 0.0988 e. The number of rotatable bonds is 4. The average molecular weight is 212 g/mol. The van der Waals surface area contributed by atoms with Gasteiger partial charge in [0.2, 0.25) is 0 Å². The molecule has 1 rings (SSSR count).